The zero-order chi connectivity index (χ0) is 14.7. The average molecular weight is 426 g/mol. The molecule has 1 aliphatic rings. The number of thiophene rings is 1. The van der Waals surface area contributed by atoms with E-state index < -0.39 is 0 Å². The number of nitrogens with zero attached hydrogens (tertiary/aromatic N) is 3. The third-order valence-electron chi connectivity index (χ3n) is 3.03. The molecule has 1 amide bonds. The summed E-state index contributed by atoms with van der Waals surface area (Å²) in [6.45, 7) is 3.15. The first-order valence-electron chi connectivity index (χ1n) is 5.94. The second kappa shape index (κ2) is 6.88. The summed E-state index contributed by atoms with van der Waals surface area (Å²) in [5.41, 5.74) is 5.48. The Morgan fingerprint density at radius 1 is 1.40 bits per heavy atom. The van der Waals surface area contributed by atoms with Gasteiger partial charge in [-0.25, -0.2) is 0 Å². The molecule has 6 nitrogen and oxygen atoms in total. The van der Waals surface area contributed by atoms with E-state index in [0.29, 0.717) is 24.5 Å². The quantitative estimate of drug-likeness (QED) is 0.334. The maximum atomic E-state index is 12.3. The second-order valence-corrected chi connectivity index (χ2v) is 7.62. The lowest BCUT2D eigenvalue weighted by Crippen LogP contribution is -2.50. The summed E-state index contributed by atoms with van der Waals surface area (Å²) in [6.07, 6.45) is 0. The van der Waals surface area contributed by atoms with Gasteiger partial charge in [-0.2, -0.15) is 0 Å². The number of piperazine rings is 1. The number of rotatable bonds is 3. The van der Waals surface area contributed by atoms with Gasteiger partial charge < -0.3 is 15.8 Å². The van der Waals surface area contributed by atoms with Gasteiger partial charge in [0.05, 0.1) is 15.2 Å². The van der Waals surface area contributed by atoms with Crippen LogP contribution in [0, 0.1) is 0 Å². The maximum absolute atomic E-state index is 12.3. The summed E-state index contributed by atoms with van der Waals surface area (Å²) in [6, 6.07) is 1.83. The summed E-state index contributed by atoms with van der Waals surface area (Å²) in [5.74, 6) is 0.237. The zero-order valence-electron chi connectivity index (χ0n) is 10.6. The molecule has 1 aliphatic heterocycles. The van der Waals surface area contributed by atoms with Gasteiger partial charge in [0.2, 0.25) is 0 Å². The largest absolute Gasteiger partial charge is 0.409 e. The number of nitrogens with two attached hydrogens (primary N) is 1. The molecule has 110 valence electrons. The van der Waals surface area contributed by atoms with E-state index >= 15 is 0 Å². The standard InChI is InChI=1S/C11H14Br2N4O2S/c12-7-5-8(20-10(7)13)11(18)17-3-1-16(2-4-17)6-9(14)15-19/h5,19H,1-4,6H2,(H2,14,15). The molecule has 0 saturated carbocycles. The zero-order valence-corrected chi connectivity index (χ0v) is 14.5. The lowest BCUT2D eigenvalue weighted by molar-refractivity contribution is 0.0658. The first kappa shape index (κ1) is 15.7. The molecule has 1 aromatic rings. The summed E-state index contributed by atoms with van der Waals surface area (Å²) >= 11 is 8.21. The van der Waals surface area contributed by atoms with Crippen molar-refractivity contribution < 1.29 is 10.0 Å². The fourth-order valence-electron chi connectivity index (χ4n) is 1.98. The molecular weight excluding hydrogens is 412 g/mol. The van der Waals surface area contributed by atoms with Gasteiger partial charge in [-0.3, -0.25) is 9.69 Å². The van der Waals surface area contributed by atoms with Crippen LogP contribution in [0.3, 0.4) is 0 Å². The number of halogens is 2. The monoisotopic (exact) mass is 424 g/mol. The van der Waals surface area contributed by atoms with Crippen molar-refractivity contribution in [2.75, 3.05) is 32.7 Å². The molecule has 0 spiro atoms. The Morgan fingerprint density at radius 2 is 2.05 bits per heavy atom. The van der Waals surface area contributed by atoms with Gasteiger partial charge in [0.15, 0.2) is 5.84 Å². The summed E-state index contributed by atoms with van der Waals surface area (Å²) in [4.78, 5) is 16.9. The Labute approximate surface area is 137 Å². The number of oxime groups is 1. The minimum atomic E-state index is 0.0462. The van der Waals surface area contributed by atoms with E-state index in [1.807, 2.05) is 11.0 Å². The molecule has 2 heterocycles. The summed E-state index contributed by atoms with van der Waals surface area (Å²) < 4.78 is 1.82. The molecule has 3 N–H and O–H groups in total. The Kier molecular flexibility index (Phi) is 5.42. The number of carbonyl (C=O) groups excluding carboxylic acids is 1. The highest BCUT2D eigenvalue weighted by Crippen LogP contribution is 2.33. The molecule has 20 heavy (non-hydrogen) atoms. The van der Waals surface area contributed by atoms with Crippen molar-refractivity contribution in [2.24, 2.45) is 10.9 Å². The van der Waals surface area contributed by atoms with Crippen molar-refractivity contribution in [1.82, 2.24) is 9.80 Å². The van der Waals surface area contributed by atoms with Gasteiger partial charge in [-0.1, -0.05) is 5.16 Å². The maximum Gasteiger partial charge on any atom is 0.264 e. The van der Waals surface area contributed by atoms with Crippen molar-refractivity contribution in [2.45, 2.75) is 0 Å². The molecule has 2 rings (SSSR count). The predicted molar refractivity (Wildman–Crippen MR) is 85.5 cm³/mol. The lowest BCUT2D eigenvalue weighted by Gasteiger charge is -2.34. The van der Waals surface area contributed by atoms with E-state index in [1.54, 1.807) is 0 Å². The first-order chi connectivity index (χ1) is 9.51. The Morgan fingerprint density at radius 3 is 2.55 bits per heavy atom. The third kappa shape index (κ3) is 3.72. The van der Waals surface area contributed by atoms with Gasteiger partial charge in [0.1, 0.15) is 0 Å². The number of carbonyl (C=O) groups is 1. The molecule has 1 aromatic heterocycles. The Bertz CT molecular complexity index is 507. The molecular formula is C11H14Br2N4O2S. The highest BCUT2D eigenvalue weighted by molar-refractivity contribution is 9.13. The van der Waals surface area contributed by atoms with Gasteiger partial charge in [-0.05, 0) is 37.9 Å². The molecule has 0 aromatic carbocycles. The molecule has 0 bridgehead atoms. The van der Waals surface area contributed by atoms with Gasteiger partial charge in [-0.15, -0.1) is 11.3 Å². The van der Waals surface area contributed by atoms with Crippen LogP contribution < -0.4 is 5.73 Å². The van der Waals surface area contributed by atoms with E-state index in [-0.39, 0.29) is 11.7 Å². The Hall–Kier alpha value is -0.640. The van der Waals surface area contributed by atoms with Crippen LogP contribution in [-0.2, 0) is 0 Å². The van der Waals surface area contributed by atoms with Crippen LogP contribution in [0.15, 0.2) is 19.5 Å². The van der Waals surface area contributed by atoms with E-state index in [0.717, 1.165) is 21.3 Å². The highest BCUT2D eigenvalue weighted by atomic mass is 79.9. The van der Waals surface area contributed by atoms with Gasteiger partial charge in [0.25, 0.3) is 5.91 Å². The van der Waals surface area contributed by atoms with E-state index in [9.17, 15) is 4.79 Å². The second-order valence-electron chi connectivity index (χ2n) is 4.39. The van der Waals surface area contributed by atoms with Crippen molar-refractivity contribution in [3.63, 3.8) is 0 Å². The topological polar surface area (TPSA) is 82.2 Å². The smallest absolute Gasteiger partial charge is 0.264 e. The summed E-state index contributed by atoms with van der Waals surface area (Å²) in [7, 11) is 0. The molecule has 9 heteroatoms. The molecule has 0 atom stereocenters. The number of amidine groups is 1. The lowest BCUT2D eigenvalue weighted by atomic mass is 10.3. The van der Waals surface area contributed by atoms with E-state index in [4.69, 9.17) is 10.9 Å². The molecule has 0 aliphatic carbocycles. The van der Waals surface area contributed by atoms with Crippen LogP contribution in [0.5, 0.6) is 0 Å². The molecule has 0 radical (unpaired) electrons. The Balaban J connectivity index is 1.92. The fraction of sp³-hybridized carbons (Fsp3) is 0.455. The van der Waals surface area contributed by atoms with Crippen LogP contribution in [-0.4, -0.2) is 59.5 Å². The average Bonchev–Trinajstić information content (AvgIpc) is 2.78. The first-order valence-corrected chi connectivity index (χ1v) is 8.34. The highest BCUT2D eigenvalue weighted by Gasteiger charge is 2.24. The third-order valence-corrected chi connectivity index (χ3v) is 6.27. The fourth-order valence-corrected chi connectivity index (χ4v) is 3.98. The van der Waals surface area contributed by atoms with E-state index in [1.165, 1.54) is 11.3 Å². The van der Waals surface area contributed by atoms with Crippen molar-refractivity contribution >= 4 is 54.9 Å². The van der Waals surface area contributed by atoms with Crippen LogP contribution in [0.1, 0.15) is 9.67 Å². The van der Waals surface area contributed by atoms with Crippen LogP contribution in [0.4, 0.5) is 0 Å². The number of hydrogen-bond donors (Lipinski definition) is 2. The van der Waals surface area contributed by atoms with Crippen molar-refractivity contribution in [1.29, 1.82) is 0 Å². The van der Waals surface area contributed by atoms with Gasteiger partial charge in [0, 0.05) is 30.7 Å². The number of amides is 1. The predicted octanol–water partition coefficient (Wildman–Crippen LogP) is 1.78. The minimum Gasteiger partial charge on any atom is -0.409 e. The van der Waals surface area contributed by atoms with Crippen LogP contribution >= 0.6 is 43.2 Å². The number of hydrogen-bond acceptors (Lipinski definition) is 5. The summed E-state index contributed by atoms with van der Waals surface area (Å²) in [5, 5.41) is 11.5. The van der Waals surface area contributed by atoms with Gasteiger partial charge >= 0.3 is 0 Å². The van der Waals surface area contributed by atoms with E-state index in [2.05, 4.69) is 41.9 Å². The molecule has 1 fully saturated rings. The van der Waals surface area contributed by atoms with Crippen molar-refractivity contribution in [3.8, 4) is 0 Å². The van der Waals surface area contributed by atoms with Crippen LogP contribution in [0.25, 0.3) is 0 Å². The molecule has 1 saturated heterocycles. The SMILES string of the molecule is NC(CN1CCN(C(=O)c2cc(Br)c(Br)s2)CC1)=NO. The van der Waals surface area contributed by atoms with Crippen LogP contribution in [0.2, 0.25) is 0 Å². The van der Waals surface area contributed by atoms with Crippen molar-refractivity contribution in [3.05, 3.63) is 19.2 Å². The molecule has 0 unspecified atom stereocenters. The minimum absolute atomic E-state index is 0.0462. The normalized spacial score (nSPS) is 17.5.